The Morgan fingerprint density at radius 1 is 1.04 bits per heavy atom. The Balaban J connectivity index is 1.51. The number of hydrogen-bond acceptors (Lipinski definition) is 2. The SMILES string of the molecule is Cc1ccccc1CN1CCN(C(=O)Cc2cccc(Br)c2)CC1. The van der Waals surface area contributed by atoms with E-state index in [9.17, 15) is 4.79 Å². The fourth-order valence-electron chi connectivity index (χ4n) is 3.12. The van der Waals surface area contributed by atoms with Gasteiger partial charge in [0.05, 0.1) is 6.42 Å². The van der Waals surface area contributed by atoms with E-state index in [0.29, 0.717) is 6.42 Å². The normalized spacial score (nSPS) is 15.5. The number of nitrogens with zero attached hydrogens (tertiary/aromatic N) is 2. The van der Waals surface area contributed by atoms with Crippen molar-refractivity contribution < 1.29 is 4.79 Å². The Bertz CT molecular complexity index is 708. The summed E-state index contributed by atoms with van der Waals surface area (Å²) in [5.74, 6) is 0.226. The molecule has 1 saturated heterocycles. The van der Waals surface area contributed by atoms with Crippen molar-refractivity contribution in [3.8, 4) is 0 Å². The first-order chi connectivity index (χ1) is 11.6. The standard InChI is InChI=1S/C20H23BrN2O/c1-16-5-2-3-7-18(16)15-22-9-11-23(12-10-22)20(24)14-17-6-4-8-19(21)13-17/h2-8,13H,9-12,14-15H2,1H3. The lowest BCUT2D eigenvalue weighted by atomic mass is 10.1. The maximum atomic E-state index is 12.5. The number of piperazine rings is 1. The smallest absolute Gasteiger partial charge is 0.227 e. The van der Waals surface area contributed by atoms with Crippen molar-refractivity contribution in [2.45, 2.75) is 19.9 Å². The minimum Gasteiger partial charge on any atom is -0.340 e. The summed E-state index contributed by atoms with van der Waals surface area (Å²) in [7, 11) is 0. The van der Waals surface area contributed by atoms with Gasteiger partial charge < -0.3 is 4.90 Å². The molecule has 0 N–H and O–H groups in total. The minimum absolute atomic E-state index is 0.226. The van der Waals surface area contributed by atoms with Gasteiger partial charge in [-0.1, -0.05) is 52.3 Å². The molecule has 126 valence electrons. The van der Waals surface area contributed by atoms with E-state index in [1.807, 2.05) is 29.2 Å². The van der Waals surface area contributed by atoms with Crippen LogP contribution in [0, 0.1) is 6.92 Å². The third kappa shape index (κ3) is 4.46. The molecule has 3 rings (SSSR count). The van der Waals surface area contributed by atoms with Crippen LogP contribution in [0.5, 0.6) is 0 Å². The van der Waals surface area contributed by atoms with Gasteiger partial charge in [-0.2, -0.15) is 0 Å². The third-order valence-corrected chi connectivity index (χ3v) is 5.12. The number of benzene rings is 2. The zero-order chi connectivity index (χ0) is 16.9. The first-order valence-corrected chi connectivity index (χ1v) is 9.20. The average molecular weight is 387 g/mol. The van der Waals surface area contributed by atoms with E-state index in [1.54, 1.807) is 0 Å². The molecule has 0 unspecified atom stereocenters. The van der Waals surface area contributed by atoms with Gasteiger partial charge in [-0.05, 0) is 35.7 Å². The molecule has 0 aromatic heterocycles. The maximum absolute atomic E-state index is 12.5. The predicted molar refractivity (Wildman–Crippen MR) is 101 cm³/mol. The fourth-order valence-corrected chi connectivity index (χ4v) is 3.56. The lowest BCUT2D eigenvalue weighted by Gasteiger charge is -2.35. The highest BCUT2D eigenvalue weighted by Crippen LogP contribution is 2.15. The van der Waals surface area contributed by atoms with Gasteiger partial charge in [0.2, 0.25) is 5.91 Å². The number of carbonyl (C=O) groups excluding carboxylic acids is 1. The molecule has 0 atom stereocenters. The molecule has 1 heterocycles. The Labute approximate surface area is 152 Å². The number of halogens is 1. The summed E-state index contributed by atoms with van der Waals surface area (Å²) in [6.45, 7) is 6.65. The van der Waals surface area contributed by atoms with E-state index >= 15 is 0 Å². The van der Waals surface area contributed by atoms with Crippen molar-refractivity contribution in [1.29, 1.82) is 0 Å². The molecule has 1 fully saturated rings. The summed E-state index contributed by atoms with van der Waals surface area (Å²) in [6.07, 6.45) is 0.483. The molecule has 0 bridgehead atoms. The van der Waals surface area contributed by atoms with Crippen LogP contribution in [-0.4, -0.2) is 41.9 Å². The van der Waals surface area contributed by atoms with Crippen LogP contribution in [0.4, 0.5) is 0 Å². The monoisotopic (exact) mass is 386 g/mol. The third-order valence-electron chi connectivity index (χ3n) is 4.62. The Morgan fingerprint density at radius 3 is 2.50 bits per heavy atom. The van der Waals surface area contributed by atoms with Crippen LogP contribution >= 0.6 is 15.9 Å². The molecule has 4 heteroatoms. The molecule has 2 aromatic rings. The van der Waals surface area contributed by atoms with E-state index in [0.717, 1.165) is 42.8 Å². The fraction of sp³-hybridized carbons (Fsp3) is 0.350. The second kappa shape index (κ2) is 7.95. The lowest BCUT2D eigenvalue weighted by molar-refractivity contribution is -0.132. The Hall–Kier alpha value is -1.65. The summed E-state index contributed by atoms with van der Waals surface area (Å²) in [6, 6.07) is 16.5. The van der Waals surface area contributed by atoms with Gasteiger partial charge in [-0.25, -0.2) is 0 Å². The number of rotatable bonds is 4. The molecule has 0 spiro atoms. The highest BCUT2D eigenvalue weighted by atomic mass is 79.9. The van der Waals surface area contributed by atoms with Crippen molar-refractivity contribution in [2.24, 2.45) is 0 Å². The Kier molecular flexibility index (Phi) is 5.69. The summed E-state index contributed by atoms with van der Waals surface area (Å²) < 4.78 is 1.02. The number of amides is 1. The molecular formula is C20H23BrN2O. The summed E-state index contributed by atoms with van der Waals surface area (Å²) in [4.78, 5) is 16.9. The lowest BCUT2D eigenvalue weighted by Crippen LogP contribution is -2.48. The highest BCUT2D eigenvalue weighted by molar-refractivity contribution is 9.10. The molecule has 0 aliphatic carbocycles. The van der Waals surface area contributed by atoms with Gasteiger partial charge >= 0.3 is 0 Å². The van der Waals surface area contributed by atoms with E-state index in [2.05, 4.69) is 52.0 Å². The van der Waals surface area contributed by atoms with Crippen LogP contribution in [0.15, 0.2) is 53.0 Å². The van der Waals surface area contributed by atoms with Crippen molar-refractivity contribution in [3.05, 3.63) is 69.7 Å². The topological polar surface area (TPSA) is 23.6 Å². The van der Waals surface area contributed by atoms with Gasteiger partial charge in [0.25, 0.3) is 0 Å². The molecule has 24 heavy (non-hydrogen) atoms. The second-order valence-corrected chi connectivity index (χ2v) is 7.31. The summed E-state index contributed by atoms with van der Waals surface area (Å²) >= 11 is 3.46. The average Bonchev–Trinajstić information content (AvgIpc) is 2.57. The van der Waals surface area contributed by atoms with Crippen LogP contribution in [0.1, 0.15) is 16.7 Å². The zero-order valence-corrected chi connectivity index (χ0v) is 15.6. The van der Waals surface area contributed by atoms with Crippen molar-refractivity contribution in [3.63, 3.8) is 0 Å². The van der Waals surface area contributed by atoms with Crippen molar-refractivity contribution >= 4 is 21.8 Å². The molecule has 0 saturated carbocycles. The second-order valence-electron chi connectivity index (χ2n) is 6.39. The Morgan fingerprint density at radius 2 is 1.79 bits per heavy atom. The summed E-state index contributed by atoms with van der Waals surface area (Å²) in [5.41, 5.74) is 3.79. The molecule has 1 amide bonds. The quantitative estimate of drug-likeness (QED) is 0.800. The maximum Gasteiger partial charge on any atom is 0.227 e. The van der Waals surface area contributed by atoms with E-state index in [1.165, 1.54) is 11.1 Å². The number of hydrogen-bond donors (Lipinski definition) is 0. The predicted octanol–water partition coefficient (Wildman–Crippen LogP) is 3.64. The van der Waals surface area contributed by atoms with Gasteiger partial charge in [0.1, 0.15) is 0 Å². The van der Waals surface area contributed by atoms with Crippen LogP contribution < -0.4 is 0 Å². The zero-order valence-electron chi connectivity index (χ0n) is 14.0. The van der Waals surface area contributed by atoms with Crippen molar-refractivity contribution in [2.75, 3.05) is 26.2 Å². The van der Waals surface area contributed by atoms with Gasteiger partial charge in [0, 0.05) is 37.2 Å². The minimum atomic E-state index is 0.226. The molecule has 1 aliphatic rings. The van der Waals surface area contributed by atoms with Gasteiger partial charge in [-0.3, -0.25) is 9.69 Å². The van der Waals surface area contributed by atoms with E-state index < -0.39 is 0 Å². The highest BCUT2D eigenvalue weighted by Gasteiger charge is 2.21. The number of aryl methyl sites for hydroxylation is 1. The molecule has 3 nitrogen and oxygen atoms in total. The van der Waals surface area contributed by atoms with E-state index in [-0.39, 0.29) is 5.91 Å². The first-order valence-electron chi connectivity index (χ1n) is 8.41. The van der Waals surface area contributed by atoms with Crippen LogP contribution in [0.3, 0.4) is 0 Å². The van der Waals surface area contributed by atoms with Crippen LogP contribution in [0.25, 0.3) is 0 Å². The van der Waals surface area contributed by atoms with Gasteiger partial charge in [0.15, 0.2) is 0 Å². The van der Waals surface area contributed by atoms with Crippen molar-refractivity contribution in [1.82, 2.24) is 9.80 Å². The van der Waals surface area contributed by atoms with E-state index in [4.69, 9.17) is 0 Å². The van der Waals surface area contributed by atoms with Gasteiger partial charge in [-0.15, -0.1) is 0 Å². The first kappa shape index (κ1) is 17.2. The van der Waals surface area contributed by atoms with Crippen LogP contribution in [-0.2, 0) is 17.8 Å². The number of carbonyl (C=O) groups is 1. The molecule has 0 radical (unpaired) electrons. The molecule has 2 aromatic carbocycles. The van der Waals surface area contributed by atoms with Crippen LogP contribution in [0.2, 0.25) is 0 Å². The molecule has 1 aliphatic heterocycles. The largest absolute Gasteiger partial charge is 0.340 e. The summed E-state index contributed by atoms with van der Waals surface area (Å²) in [5, 5.41) is 0. The molecular weight excluding hydrogens is 364 g/mol.